The second-order valence-electron chi connectivity index (χ2n) is 7.62. The fourth-order valence-corrected chi connectivity index (χ4v) is 6.38. The van der Waals surface area contributed by atoms with E-state index >= 15 is 0 Å². The Labute approximate surface area is 189 Å². The number of aryl methyl sites for hydroxylation is 1. The first-order chi connectivity index (χ1) is 15.2. The number of rotatable bonds is 6. The Kier molecular flexibility index (Phi) is 6.22. The molecule has 1 atom stereocenters. The number of benzene rings is 1. The molecule has 1 aliphatic rings. The minimum Gasteiger partial charge on any atom is -0.339 e. The fourth-order valence-electron chi connectivity index (χ4n) is 3.55. The molecule has 3 heterocycles. The van der Waals surface area contributed by atoms with Crippen LogP contribution in [0, 0.1) is 12.8 Å². The lowest BCUT2D eigenvalue weighted by Crippen LogP contribution is -2.43. The number of ketones is 1. The summed E-state index contributed by atoms with van der Waals surface area (Å²) in [5, 5.41) is 8.31. The Balaban J connectivity index is 1.47. The van der Waals surface area contributed by atoms with E-state index in [1.807, 2.05) is 0 Å². The highest BCUT2D eigenvalue weighted by Gasteiger charge is 2.34. The quantitative estimate of drug-likeness (QED) is 0.544. The molecular formula is C21H22N4O5S2. The van der Waals surface area contributed by atoms with E-state index in [4.69, 9.17) is 4.52 Å². The molecule has 168 valence electrons. The van der Waals surface area contributed by atoms with E-state index in [2.05, 4.69) is 15.5 Å². The molecule has 11 heteroatoms. The maximum Gasteiger partial charge on any atom is 0.252 e. The zero-order chi connectivity index (χ0) is 22.9. The van der Waals surface area contributed by atoms with Crippen LogP contribution in [-0.4, -0.2) is 47.6 Å². The van der Waals surface area contributed by atoms with Crippen molar-refractivity contribution in [2.45, 2.75) is 30.9 Å². The van der Waals surface area contributed by atoms with Gasteiger partial charge in [0, 0.05) is 42.2 Å². The highest BCUT2D eigenvalue weighted by atomic mass is 32.2. The van der Waals surface area contributed by atoms with E-state index in [0.717, 1.165) is 11.3 Å². The molecule has 0 spiro atoms. The molecule has 32 heavy (non-hydrogen) atoms. The Morgan fingerprint density at radius 2 is 2.09 bits per heavy atom. The topological polar surface area (TPSA) is 122 Å². The summed E-state index contributed by atoms with van der Waals surface area (Å²) in [6.07, 6.45) is 1.16. The van der Waals surface area contributed by atoms with Gasteiger partial charge in [0.25, 0.3) is 10.0 Å². The molecule has 3 aromatic rings. The molecule has 1 N–H and O–H groups in total. The van der Waals surface area contributed by atoms with Gasteiger partial charge in [0.15, 0.2) is 5.78 Å². The number of nitrogens with zero attached hydrogens (tertiary/aromatic N) is 3. The minimum absolute atomic E-state index is 0.0924. The molecule has 4 rings (SSSR count). The predicted molar refractivity (Wildman–Crippen MR) is 119 cm³/mol. The molecular weight excluding hydrogens is 452 g/mol. The fraction of sp³-hybridized carbons (Fsp3) is 0.333. The second kappa shape index (κ2) is 8.93. The molecule has 1 aromatic carbocycles. The molecule has 1 fully saturated rings. The zero-order valence-electron chi connectivity index (χ0n) is 17.6. The van der Waals surface area contributed by atoms with Crippen molar-refractivity contribution in [3.8, 4) is 11.4 Å². The SMILES string of the molecule is CC(=O)c1cccc(NC(=O)C2CCCN(S(=O)(=O)c3cc(-c4noc(C)n4)cs3)C2)c1. The number of aromatic nitrogens is 2. The number of carbonyl (C=O) groups excluding carboxylic acids is 2. The number of hydrogen-bond donors (Lipinski definition) is 1. The smallest absolute Gasteiger partial charge is 0.252 e. The zero-order valence-corrected chi connectivity index (χ0v) is 19.2. The number of sulfonamides is 1. The van der Waals surface area contributed by atoms with Gasteiger partial charge in [-0.2, -0.15) is 9.29 Å². The molecule has 1 aliphatic heterocycles. The summed E-state index contributed by atoms with van der Waals surface area (Å²) >= 11 is 1.09. The van der Waals surface area contributed by atoms with Crippen molar-refractivity contribution in [2.24, 2.45) is 5.92 Å². The number of piperidine rings is 1. The average molecular weight is 475 g/mol. The number of anilines is 1. The van der Waals surface area contributed by atoms with Crippen LogP contribution >= 0.6 is 11.3 Å². The van der Waals surface area contributed by atoms with Crippen LogP contribution in [0.25, 0.3) is 11.4 Å². The van der Waals surface area contributed by atoms with Crippen LogP contribution in [0.4, 0.5) is 5.69 Å². The molecule has 1 amide bonds. The van der Waals surface area contributed by atoms with E-state index in [0.29, 0.717) is 47.9 Å². The van der Waals surface area contributed by atoms with Crippen LogP contribution < -0.4 is 5.32 Å². The highest BCUT2D eigenvalue weighted by Crippen LogP contribution is 2.31. The van der Waals surface area contributed by atoms with Gasteiger partial charge in [0.1, 0.15) is 4.21 Å². The summed E-state index contributed by atoms with van der Waals surface area (Å²) in [4.78, 5) is 28.5. The number of carbonyl (C=O) groups is 2. The van der Waals surface area contributed by atoms with Crippen molar-refractivity contribution in [1.29, 1.82) is 0 Å². The van der Waals surface area contributed by atoms with Crippen LogP contribution in [0.5, 0.6) is 0 Å². The summed E-state index contributed by atoms with van der Waals surface area (Å²) in [7, 11) is -3.76. The van der Waals surface area contributed by atoms with Crippen molar-refractivity contribution in [3.05, 3.63) is 47.2 Å². The van der Waals surface area contributed by atoms with Crippen LogP contribution in [-0.2, 0) is 14.8 Å². The number of thiophene rings is 1. The van der Waals surface area contributed by atoms with Gasteiger partial charge in [0.2, 0.25) is 17.6 Å². The third-order valence-corrected chi connectivity index (χ3v) is 8.53. The molecule has 0 aliphatic carbocycles. The summed E-state index contributed by atoms with van der Waals surface area (Å²) in [5.74, 6) is -0.112. The van der Waals surface area contributed by atoms with E-state index in [1.54, 1.807) is 36.6 Å². The molecule has 0 saturated carbocycles. The Morgan fingerprint density at radius 1 is 1.28 bits per heavy atom. The first kappa shape index (κ1) is 22.3. The van der Waals surface area contributed by atoms with Crippen LogP contribution in [0.3, 0.4) is 0 Å². The first-order valence-corrected chi connectivity index (χ1v) is 12.4. The van der Waals surface area contributed by atoms with E-state index in [-0.39, 0.29) is 22.4 Å². The molecule has 0 bridgehead atoms. The van der Waals surface area contributed by atoms with Gasteiger partial charge in [-0.15, -0.1) is 11.3 Å². The molecule has 9 nitrogen and oxygen atoms in total. The minimum atomic E-state index is -3.76. The summed E-state index contributed by atoms with van der Waals surface area (Å²) in [6.45, 7) is 3.56. The van der Waals surface area contributed by atoms with Gasteiger partial charge in [-0.05, 0) is 38.0 Å². The molecule has 1 unspecified atom stereocenters. The lowest BCUT2D eigenvalue weighted by atomic mass is 9.98. The van der Waals surface area contributed by atoms with Gasteiger partial charge in [-0.25, -0.2) is 8.42 Å². The normalized spacial score (nSPS) is 17.2. The standard InChI is InChI=1S/C21H22N4O5S2/c1-13(26)15-5-3-7-18(9-15)23-21(27)16-6-4-8-25(11-16)32(28,29)19-10-17(12-31-19)20-22-14(2)30-24-20/h3,5,7,9-10,12,16H,4,6,8,11H2,1-2H3,(H,23,27). The van der Waals surface area contributed by atoms with E-state index < -0.39 is 15.9 Å². The maximum atomic E-state index is 13.2. The number of nitrogens with one attached hydrogen (secondary N) is 1. The summed E-state index contributed by atoms with van der Waals surface area (Å²) in [5.41, 5.74) is 1.59. The number of Topliss-reactive ketones (excluding diaryl/α,β-unsaturated/α-hetero) is 1. The van der Waals surface area contributed by atoms with Gasteiger partial charge in [-0.1, -0.05) is 17.3 Å². The Morgan fingerprint density at radius 3 is 2.81 bits per heavy atom. The third-order valence-electron chi connectivity index (χ3n) is 5.25. The van der Waals surface area contributed by atoms with Gasteiger partial charge in [0.05, 0.1) is 5.92 Å². The van der Waals surface area contributed by atoms with E-state index in [1.165, 1.54) is 17.3 Å². The molecule has 0 radical (unpaired) electrons. The van der Waals surface area contributed by atoms with Crippen molar-refractivity contribution in [1.82, 2.24) is 14.4 Å². The molecule has 2 aromatic heterocycles. The molecule has 1 saturated heterocycles. The van der Waals surface area contributed by atoms with E-state index in [9.17, 15) is 18.0 Å². The van der Waals surface area contributed by atoms with Gasteiger partial charge < -0.3 is 9.84 Å². The van der Waals surface area contributed by atoms with Gasteiger partial charge >= 0.3 is 0 Å². The average Bonchev–Trinajstić information content (AvgIpc) is 3.43. The number of amides is 1. The summed E-state index contributed by atoms with van der Waals surface area (Å²) < 4.78 is 32.9. The largest absolute Gasteiger partial charge is 0.339 e. The monoisotopic (exact) mass is 474 g/mol. The van der Waals surface area contributed by atoms with Crippen LogP contribution in [0.1, 0.15) is 36.0 Å². The Hall–Kier alpha value is -2.89. The van der Waals surface area contributed by atoms with Crippen molar-refractivity contribution in [3.63, 3.8) is 0 Å². The van der Waals surface area contributed by atoms with Crippen LogP contribution in [0.2, 0.25) is 0 Å². The lowest BCUT2D eigenvalue weighted by Gasteiger charge is -2.30. The van der Waals surface area contributed by atoms with Gasteiger partial charge in [-0.3, -0.25) is 9.59 Å². The first-order valence-electron chi connectivity index (χ1n) is 10.1. The summed E-state index contributed by atoms with van der Waals surface area (Å²) in [6, 6.07) is 8.22. The maximum absolute atomic E-state index is 13.2. The van der Waals surface area contributed by atoms with Crippen molar-refractivity contribution < 1.29 is 22.5 Å². The van der Waals surface area contributed by atoms with Crippen molar-refractivity contribution in [2.75, 3.05) is 18.4 Å². The highest BCUT2D eigenvalue weighted by molar-refractivity contribution is 7.91. The predicted octanol–water partition coefficient (Wildman–Crippen LogP) is 3.35. The van der Waals surface area contributed by atoms with Crippen LogP contribution in [0.15, 0.2) is 44.4 Å². The lowest BCUT2D eigenvalue weighted by molar-refractivity contribution is -0.120. The van der Waals surface area contributed by atoms with Crippen molar-refractivity contribution >= 4 is 38.7 Å². The number of hydrogen-bond acceptors (Lipinski definition) is 8. The third kappa shape index (κ3) is 4.64. The Bertz CT molecular complexity index is 1260. The second-order valence-corrected chi connectivity index (χ2v) is 10.7.